The van der Waals surface area contributed by atoms with E-state index in [1.807, 2.05) is 18.2 Å². The van der Waals surface area contributed by atoms with Gasteiger partial charge in [-0.05, 0) is 17.0 Å². The van der Waals surface area contributed by atoms with Crippen molar-refractivity contribution < 1.29 is 9.26 Å². The van der Waals surface area contributed by atoms with Crippen LogP contribution in [-0.2, 0) is 24.4 Å². The van der Waals surface area contributed by atoms with E-state index in [1.54, 1.807) is 14.2 Å². The molecule has 0 unspecified atom stereocenters. The van der Waals surface area contributed by atoms with Gasteiger partial charge in [0.25, 0.3) is 0 Å². The Balaban J connectivity index is 1.88. The molecule has 0 atom stereocenters. The molecular weight excluding hydrogens is 304 g/mol. The molecular formula is C18H26N4O2. The van der Waals surface area contributed by atoms with Crippen molar-refractivity contribution in [3.05, 3.63) is 52.9 Å². The van der Waals surface area contributed by atoms with Crippen molar-refractivity contribution in [1.82, 2.24) is 15.8 Å². The van der Waals surface area contributed by atoms with Crippen LogP contribution in [0.15, 0.2) is 39.8 Å². The highest BCUT2D eigenvalue weighted by atomic mass is 16.5. The number of guanidine groups is 1. The smallest absolute Gasteiger partial charge is 0.191 e. The fourth-order valence-corrected chi connectivity index (χ4v) is 2.28. The van der Waals surface area contributed by atoms with Gasteiger partial charge < -0.3 is 19.9 Å². The third-order valence-electron chi connectivity index (χ3n) is 3.69. The molecule has 0 fully saturated rings. The maximum Gasteiger partial charge on any atom is 0.191 e. The lowest BCUT2D eigenvalue weighted by atomic mass is 10.1. The molecule has 0 aliphatic rings. The topological polar surface area (TPSA) is 71.7 Å². The summed E-state index contributed by atoms with van der Waals surface area (Å²) in [5, 5.41) is 10.6. The lowest BCUT2D eigenvalue weighted by Gasteiger charge is -2.13. The van der Waals surface area contributed by atoms with Gasteiger partial charge in [0.15, 0.2) is 11.7 Å². The van der Waals surface area contributed by atoms with Crippen LogP contribution in [0.4, 0.5) is 0 Å². The largest absolute Gasteiger partial charge is 0.380 e. The molecule has 2 rings (SSSR count). The normalized spacial score (nSPS) is 11.8. The van der Waals surface area contributed by atoms with E-state index < -0.39 is 0 Å². The van der Waals surface area contributed by atoms with Gasteiger partial charge in [0, 0.05) is 26.8 Å². The quantitative estimate of drug-likeness (QED) is 0.603. The summed E-state index contributed by atoms with van der Waals surface area (Å²) in [6, 6.07) is 10.2. The first-order valence-electron chi connectivity index (χ1n) is 8.09. The fourth-order valence-electron chi connectivity index (χ4n) is 2.28. The molecule has 1 heterocycles. The van der Waals surface area contributed by atoms with Gasteiger partial charge in [-0.15, -0.1) is 0 Å². The second-order valence-electron chi connectivity index (χ2n) is 5.85. The van der Waals surface area contributed by atoms with Crippen molar-refractivity contribution in [3.63, 3.8) is 0 Å². The second-order valence-corrected chi connectivity index (χ2v) is 5.85. The highest BCUT2D eigenvalue weighted by Crippen LogP contribution is 2.13. The van der Waals surface area contributed by atoms with E-state index in [9.17, 15) is 0 Å². The molecule has 24 heavy (non-hydrogen) atoms. The number of hydrogen-bond acceptors (Lipinski definition) is 4. The summed E-state index contributed by atoms with van der Waals surface area (Å²) in [5.74, 6) is 1.86. The summed E-state index contributed by atoms with van der Waals surface area (Å²) >= 11 is 0. The number of methoxy groups -OCH3 is 1. The molecule has 0 aliphatic carbocycles. The molecule has 0 aliphatic heterocycles. The van der Waals surface area contributed by atoms with Crippen molar-refractivity contribution in [3.8, 4) is 0 Å². The Morgan fingerprint density at radius 1 is 1.21 bits per heavy atom. The molecule has 2 aromatic rings. The SMILES string of the molecule is CN=C(NCc1cc(C(C)C)no1)NCc1ccccc1COC. The summed E-state index contributed by atoms with van der Waals surface area (Å²) in [4.78, 5) is 4.24. The van der Waals surface area contributed by atoms with Gasteiger partial charge in [0.2, 0.25) is 0 Å². The fraction of sp³-hybridized carbons (Fsp3) is 0.444. The van der Waals surface area contributed by atoms with Crippen LogP contribution in [0.1, 0.15) is 42.3 Å². The summed E-state index contributed by atoms with van der Waals surface area (Å²) in [7, 11) is 3.45. The number of aliphatic imine (C=N–C) groups is 1. The van der Waals surface area contributed by atoms with Gasteiger partial charge in [-0.2, -0.15) is 0 Å². The molecule has 0 bridgehead atoms. The van der Waals surface area contributed by atoms with Crippen LogP contribution in [0.2, 0.25) is 0 Å². The van der Waals surface area contributed by atoms with E-state index >= 15 is 0 Å². The predicted molar refractivity (Wildman–Crippen MR) is 94.8 cm³/mol. The third kappa shape index (κ3) is 5.09. The molecule has 0 saturated carbocycles. The van der Waals surface area contributed by atoms with Gasteiger partial charge in [-0.1, -0.05) is 43.3 Å². The molecule has 0 saturated heterocycles. The van der Waals surface area contributed by atoms with Crippen molar-refractivity contribution in [2.24, 2.45) is 4.99 Å². The Morgan fingerprint density at radius 2 is 1.92 bits per heavy atom. The summed E-state index contributed by atoms with van der Waals surface area (Å²) < 4.78 is 10.6. The maximum absolute atomic E-state index is 5.32. The Morgan fingerprint density at radius 3 is 2.54 bits per heavy atom. The van der Waals surface area contributed by atoms with Crippen LogP contribution in [0.25, 0.3) is 0 Å². The molecule has 1 aromatic heterocycles. The Labute approximate surface area is 143 Å². The van der Waals surface area contributed by atoms with Gasteiger partial charge >= 0.3 is 0 Å². The van der Waals surface area contributed by atoms with Gasteiger partial charge in [0.1, 0.15) is 0 Å². The first-order chi connectivity index (χ1) is 11.6. The zero-order chi connectivity index (χ0) is 17.4. The number of aromatic nitrogens is 1. The number of nitrogens with one attached hydrogen (secondary N) is 2. The van der Waals surface area contributed by atoms with Crippen molar-refractivity contribution in [2.45, 2.75) is 39.5 Å². The lowest BCUT2D eigenvalue weighted by molar-refractivity contribution is 0.184. The monoisotopic (exact) mass is 330 g/mol. The van der Waals surface area contributed by atoms with E-state index in [4.69, 9.17) is 9.26 Å². The van der Waals surface area contributed by atoms with E-state index in [0.717, 1.165) is 11.5 Å². The zero-order valence-electron chi connectivity index (χ0n) is 14.8. The predicted octanol–water partition coefficient (Wildman–Crippen LogP) is 2.81. The standard InChI is InChI=1S/C18H26N4O2/c1-13(2)17-9-16(24-22-17)11-21-18(19-3)20-10-14-7-5-6-8-15(14)12-23-4/h5-9,13H,10-12H2,1-4H3,(H2,19,20,21). The number of nitrogens with zero attached hydrogens (tertiary/aromatic N) is 2. The van der Waals surface area contributed by atoms with Crippen LogP contribution < -0.4 is 10.6 Å². The van der Waals surface area contributed by atoms with Crippen molar-refractivity contribution >= 4 is 5.96 Å². The molecule has 0 spiro atoms. The average molecular weight is 330 g/mol. The highest BCUT2D eigenvalue weighted by Gasteiger charge is 2.08. The Hall–Kier alpha value is -2.34. The van der Waals surface area contributed by atoms with Crippen LogP contribution >= 0.6 is 0 Å². The second kappa shape index (κ2) is 9.08. The van der Waals surface area contributed by atoms with Crippen LogP contribution in [0.5, 0.6) is 0 Å². The van der Waals surface area contributed by atoms with Crippen molar-refractivity contribution in [1.29, 1.82) is 0 Å². The molecule has 6 heteroatoms. The summed E-state index contributed by atoms with van der Waals surface area (Å²) in [6.07, 6.45) is 0. The van der Waals surface area contributed by atoms with Crippen LogP contribution in [0, 0.1) is 0 Å². The van der Waals surface area contributed by atoms with E-state index in [0.29, 0.717) is 31.6 Å². The molecule has 1 aromatic carbocycles. The van der Waals surface area contributed by atoms with Crippen LogP contribution in [0.3, 0.4) is 0 Å². The lowest BCUT2D eigenvalue weighted by Crippen LogP contribution is -2.36. The van der Waals surface area contributed by atoms with Gasteiger partial charge in [-0.25, -0.2) is 0 Å². The number of benzene rings is 1. The van der Waals surface area contributed by atoms with E-state index in [1.165, 1.54) is 11.1 Å². The molecule has 2 N–H and O–H groups in total. The van der Waals surface area contributed by atoms with Crippen LogP contribution in [-0.4, -0.2) is 25.3 Å². The van der Waals surface area contributed by atoms with Crippen molar-refractivity contribution in [2.75, 3.05) is 14.2 Å². The van der Waals surface area contributed by atoms with Gasteiger partial charge in [0.05, 0.1) is 18.8 Å². The minimum Gasteiger partial charge on any atom is -0.380 e. The number of rotatable bonds is 7. The minimum absolute atomic E-state index is 0.359. The molecule has 0 amide bonds. The maximum atomic E-state index is 5.32. The molecule has 130 valence electrons. The Kier molecular flexibility index (Phi) is 6.81. The van der Waals surface area contributed by atoms with E-state index in [2.05, 4.69) is 46.8 Å². The third-order valence-corrected chi connectivity index (χ3v) is 3.69. The number of hydrogen-bond donors (Lipinski definition) is 2. The zero-order valence-corrected chi connectivity index (χ0v) is 14.8. The highest BCUT2D eigenvalue weighted by molar-refractivity contribution is 5.79. The first-order valence-corrected chi connectivity index (χ1v) is 8.09. The van der Waals surface area contributed by atoms with E-state index in [-0.39, 0.29) is 0 Å². The molecule has 6 nitrogen and oxygen atoms in total. The minimum atomic E-state index is 0.359. The summed E-state index contributed by atoms with van der Waals surface area (Å²) in [5.41, 5.74) is 3.31. The molecule has 0 radical (unpaired) electrons. The van der Waals surface area contributed by atoms with Gasteiger partial charge in [-0.3, -0.25) is 4.99 Å². The average Bonchev–Trinajstić information content (AvgIpc) is 3.06. The Bertz CT molecular complexity index is 665. The summed E-state index contributed by atoms with van der Waals surface area (Å²) in [6.45, 7) is 5.99. The first kappa shape index (κ1) is 18.0. The number of ether oxygens (including phenoxy) is 1.